The van der Waals surface area contributed by atoms with E-state index in [1.807, 2.05) is 19.1 Å². The van der Waals surface area contributed by atoms with E-state index in [9.17, 15) is 5.11 Å². The molecular weight excluding hydrogens is 250 g/mol. The van der Waals surface area contributed by atoms with Crippen molar-refractivity contribution in [3.05, 3.63) is 35.4 Å². The van der Waals surface area contributed by atoms with Crippen LogP contribution in [-0.2, 0) is 16.8 Å². The number of rotatable bonds is 4. The van der Waals surface area contributed by atoms with E-state index in [0.717, 1.165) is 31.2 Å². The molecule has 0 aliphatic carbocycles. The lowest BCUT2D eigenvalue weighted by Crippen LogP contribution is -2.54. The van der Waals surface area contributed by atoms with Crippen molar-refractivity contribution in [1.29, 1.82) is 0 Å². The van der Waals surface area contributed by atoms with Crippen LogP contribution in [0.15, 0.2) is 24.3 Å². The van der Waals surface area contributed by atoms with Gasteiger partial charge in [-0.05, 0) is 43.7 Å². The lowest BCUT2D eigenvalue weighted by Gasteiger charge is -2.46. The van der Waals surface area contributed by atoms with Crippen LogP contribution in [0.25, 0.3) is 0 Å². The van der Waals surface area contributed by atoms with Crippen LogP contribution in [0, 0.1) is 5.41 Å². The fourth-order valence-corrected chi connectivity index (χ4v) is 4.08. The fourth-order valence-electron chi connectivity index (χ4n) is 4.08. The molecule has 0 amide bonds. The second kappa shape index (κ2) is 4.83. The first-order valence-corrected chi connectivity index (χ1v) is 7.71. The lowest BCUT2D eigenvalue weighted by molar-refractivity contribution is -0.105. The van der Waals surface area contributed by atoms with Gasteiger partial charge in [-0.2, -0.15) is 0 Å². The zero-order chi connectivity index (χ0) is 14.4. The molecule has 1 aromatic carbocycles. The summed E-state index contributed by atoms with van der Waals surface area (Å²) >= 11 is 0. The summed E-state index contributed by atoms with van der Waals surface area (Å²) in [4.78, 5) is 0. The highest BCUT2D eigenvalue weighted by atomic mass is 16.5. The molecule has 3 rings (SSSR count). The highest BCUT2D eigenvalue weighted by Crippen LogP contribution is 2.56. The van der Waals surface area contributed by atoms with Crippen LogP contribution >= 0.6 is 0 Å². The molecular formula is C17H25NO2. The number of nitrogens with two attached hydrogens (primary N) is 1. The third-order valence-corrected chi connectivity index (χ3v) is 5.57. The predicted molar refractivity (Wildman–Crippen MR) is 79.4 cm³/mol. The lowest BCUT2D eigenvalue weighted by atomic mass is 9.61. The Kier molecular flexibility index (Phi) is 3.39. The summed E-state index contributed by atoms with van der Waals surface area (Å²) in [7, 11) is 0. The molecule has 2 aliphatic rings. The van der Waals surface area contributed by atoms with Gasteiger partial charge >= 0.3 is 0 Å². The molecule has 1 aromatic rings. The smallest absolute Gasteiger partial charge is 0.0962 e. The Bertz CT molecular complexity index is 482. The Labute approximate surface area is 121 Å². The van der Waals surface area contributed by atoms with Crippen LogP contribution in [0.1, 0.15) is 44.2 Å². The summed E-state index contributed by atoms with van der Waals surface area (Å²) in [6, 6.07) is 8.29. The zero-order valence-electron chi connectivity index (χ0n) is 12.4. The molecule has 3 N–H and O–H groups in total. The van der Waals surface area contributed by atoms with Gasteiger partial charge in [0.1, 0.15) is 0 Å². The van der Waals surface area contributed by atoms with Crippen LogP contribution in [0.2, 0.25) is 0 Å². The van der Waals surface area contributed by atoms with Crippen molar-refractivity contribution >= 4 is 0 Å². The third-order valence-electron chi connectivity index (χ3n) is 5.57. The summed E-state index contributed by atoms with van der Waals surface area (Å²) in [5.74, 6) is 0. The van der Waals surface area contributed by atoms with Gasteiger partial charge < -0.3 is 15.6 Å². The first kappa shape index (κ1) is 14.1. The predicted octanol–water partition coefficient (Wildman–Crippen LogP) is 2.35. The van der Waals surface area contributed by atoms with E-state index in [1.165, 1.54) is 5.56 Å². The summed E-state index contributed by atoms with van der Waals surface area (Å²) in [5.41, 5.74) is 7.06. The zero-order valence-corrected chi connectivity index (χ0v) is 12.4. The molecule has 2 saturated heterocycles. The molecule has 20 heavy (non-hydrogen) atoms. The van der Waals surface area contributed by atoms with Crippen LogP contribution in [0.5, 0.6) is 0 Å². The average Bonchev–Trinajstić information content (AvgIpc) is 3.08. The van der Waals surface area contributed by atoms with Gasteiger partial charge in [0.15, 0.2) is 0 Å². The van der Waals surface area contributed by atoms with E-state index in [0.29, 0.717) is 6.54 Å². The SMILES string of the molecule is CCc1ccc(C(C)(O)C2(CN)CC3CCC2O3)cc1. The molecule has 2 bridgehead atoms. The minimum atomic E-state index is -0.937. The molecule has 4 atom stereocenters. The quantitative estimate of drug-likeness (QED) is 0.887. The number of benzene rings is 1. The average molecular weight is 275 g/mol. The first-order valence-electron chi connectivity index (χ1n) is 7.71. The summed E-state index contributed by atoms with van der Waals surface area (Å²) < 4.78 is 5.99. The maximum atomic E-state index is 11.3. The number of hydrogen-bond acceptors (Lipinski definition) is 3. The van der Waals surface area contributed by atoms with Crippen molar-refractivity contribution in [3.63, 3.8) is 0 Å². The van der Waals surface area contributed by atoms with Gasteiger partial charge in [-0.15, -0.1) is 0 Å². The Morgan fingerprint density at radius 3 is 2.50 bits per heavy atom. The highest BCUT2D eigenvalue weighted by molar-refractivity contribution is 5.30. The molecule has 0 aromatic heterocycles. The third kappa shape index (κ3) is 1.84. The largest absolute Gasteiger partial charge is 0.385 e. The van der Waals surface area contributed by atoms with Gasteiger partial charge in [0, 0.05) is 12.0 Å². The van der Waals surface area contributed by atoms with Crippen molar-refractivity contribution < 1.29 is 9.84 Å². The molecule has 2 heterocycles. The Morgan fingerprint density at radius 2 is 2.05 bits per heavy atom. The van der Waals surface area contributed by atoms with Crippen LogP contribution < -0.4 is 5.73 Å². The molecule has 0 radical (unpaired) electrons. The number of ether oxygens (including phenoxy) is 1. The maximum Gasteiger partial charge on any atom is 0.0962 e. The highest BCUT2D eigenvalue weighted by Gasteiger charge is 2.60. The summed E-state index contributed by atoms with van der Waals surface area (Å²) in [6.07, 6.45) is 4.39. The van der Waals surface area contributed by atoms with Gasteiger partial charge in [0.2, 0.25) is 0 Å². The van der Waals surface area contributed by atoms with E-state index in [-0.39, 0.29) is 17.6 Å². The molecule has 3 heteroatoms. The summed E-state index contributed by atoms with van der Waals surface area (Å²) in [5, 5.41) is 11.3. The molecule has 4 unspecified atom stereocenters. The molecule has 110 valence electrons. The summed E-state index contributed by atoms with van der Waals surface area (Å²) in [6.45, 7) is 4.51. The van der Waals surface area contributed by atoms with Gasteiger partial charge in [0.25, 0.3) is 0 Å². The van der Waals surface area contributed by atoms with Gasteiger partial charge in [-0.25, -0.2) is 0 Å². The van der Waals surface area contributed by atoms with Crippen molar-refractivity contribution in [3.8, 4) is 0 Å². The normalized spacial score (nSPS) is 35.2. The molecule has 3 nitrogen and oxygen atoms in total. The molecule has 0 spiro atoms. The standard InChI is InChI=1S/C17H25NO2/c1-3-12-4-6-13(7-5-12)16(2,19)17(11-18)10-14-8-9-15(17)20-14/h4-7,14-15,19H,3,8-11,18H2,1-2H3. The minimum Gasteiger partial charge on any atom is -0.385 e. The van der Waals surface area contributed by atoms with Gasteiger partial charge in [-0.3, -0.25) is 0 Å². The Morgan fingerprint density at radius 1 is 1.35 bits per heavy atom. The van der Waals surface area contributed by atoms with Crippen molar-refractivity contribution in [2.24, 2.45) is 11.1 Å². The number of aliphatic hydroxyl groups is 1. The van der Waals surface area contributed by atoms with Crippen LogP contribution in [0.3, 0.4) is 0 Å². The number of aryl methyl sites for hydroxylation is 1. The second-order valence-corrected chi connectivity index (χ2v) is 6.51. The topological polar surface area (TPSA) is 55.5 Å². The Balaban J connectivity index is 1.96. The van der Waals surface area contributed by atoms with E-state index in [4.69, 9.17) is 10.5 Å². The monoisotopic (exact) mass is 275 g/mol. The van der Waals surface area contributed by atoms with E-state index in [2.05, 4.69) is 19.1 Å². The van der Waals surface area contributed by atoms with E-state index >= 15 is 0 Å². The van der Waals surface area contributed by atoms with Crippen molar-refractivity contribution in [2.75, 3.05) is 6.54 Å². The van der Waals surface area contributed by atoms with Gasteiger partial charge in [0.05, 0.1) is 17.8 Å². The van der Waals surface area contributed by atoms with E-state index in [1.54, 1.807) is 0 Å². The van der Waals surface area contributed by atoms with Crippen LogP contribution in [-0.4, -0.2) is 23.9 Å². The van der Waals surface area contributed by atoms with Crippen LogP contribution in [0.4, 0.5) is 0 Å². The maximum absolute atomic E-state index is 11.3. The molecule has 2 fully saturated rings. The Hall–Kier alpha value is -0.900. The number of fused-ring (bicyclic) bond motifs is 2. The minimum absolute atomic E-state index is 0.0957. The van der Waals surface area contributed by atoms with Gasteiger partial charge in [-0.1, -0.05) is 31.2 Å². The van der Waals surface area contributed by atoms with Crippen molar-refractivity contribution in [2.45, 2.75) is 57.3 Å². The number of hydrogen-bond donors (Lipinski definition) is 2. The molecule has 0 saturated carbocycles. The molecule has 2 aliphatic heterocycles. The fraction of sp³-hybridized carbons (Fsp3) is 0.647. The van der Waals surface area contributed by atoms with Crippen molar-refractivity contribution in [1.82, 2.24) is 0 Å². The second-order valence-electron chi connectivity index (χ2n) is 6.51. The first-order chi connectivity index (χ1) is 9.53. The van der Waals surface area contributed by atoms with E-state index < -0.39 is 5.60 Å².